The number of rotatable bonds is 7. The molecule has 2 heteroatoms. The topological polar surface area (TPSA) is 21.3 Å². The molecule has 0 aliphatic heterocycles. The highest BCUT2D eigenvalue weighted by atomic mass is 16.5. The van der Waals surface area contributed by atoms with Gasteiger partial charge >= 0.3 is 0 Å². The Morgan fingerprint density at radius 1 is 0.909 bits per heavy atom. The van der Waals surface area contributed by atoms with Gasteiger partial charge in [-0.3, -0.25) is 0 Å². The Kier molecular flexibility index (Phi) is 5.88. The van der Waals surface area contributed by atoms with Gasteiger partial charge in [0.05, 0.1) is 6.61 Å². The highest BCUT2D eigenvalue weighted by Crippen LogP contribution is 2.19. The second kappa shape index (κ2) is 7.88. The molecule has 0 radical (unpaired) electrons. The lowest BCUT2D eigenvalue weighted by Gasteiger charge is -2.19. The third-order valence-corrected chi connectivity index (χ3v) is 3.40. The molecule has 0 amide bonds. The first-order valence-corrected chi connectivity index (χ1v) is 8.04. The van der Waals surface area contributed by atoms with Crippen molar-refractivity contribution in [1.82, 2.24) is 0 Å². The van der Waals surface area contributed by atoms with Gasteiger partial charge in [-0.2, -0.15) is 0 Å². The molecule has 0 spiro atoms. The SMILES string of the molecule is CC(C)(C)CNc1ccc(OCCCc2ccccc2)cc1. The van der Waals surface area contributed by atoms with E-state index in [9.17, 15) is 0 Å². The van der Waals surface area contributed by atoms with Crippen molar-refractivity contribution >= 4 is 5.69 Å². The zero-order valence-electron chi connectivity index (χ0n) is 13.9. The second-order valence-corrected chi connectivity index (χ2v) is 6.88. The average Bonchev–Trinajstić information content (AvgIpc) is 2.51. The van der Waals surface area contributed by atoms with Gasteiger partial charge in [-0.25, -0.2) is 0 Å². The molecule has 2 aromatic carbocycles. The lowest BCUT2D eigenvalue weighted by atomic mass is 9.97. The highest BCUT2D eigenvalue weighted by molar-refractivity contribution is 5.46. The smallest absolute Gasteiger partial charge is 0.119 e. The first kappa shape index (κ1) is 16.4. The molecule has 0 saturated carbocycles. The van der Waals surface area contributed by atoms with Gasteiger partial charge in [-0.15, -0.1) is 0 Å². The third kappa shape index (κ3) is 6.21. The standard InChI is InChI=1S/C20H27NO/c1-20(2,3)16-21-18-11-13-19(14-12-18)22-15-7-10-17-8-5-4-6-9-17/h4-6,8-9,11-14,21H,7,10,15-16H2,1-3H3. The monoisotopic (exact) mass is 297 g/mol. The predicted octanol–water partition coefficient (Wildman–Crippen LogP) is 5.16. The van der Waals surface area contributed by atoms with Crippen LogP contribution in [0.3, 0.4) is 0 Å². The molecule has 2 nitrogen and oxygen atoms in total. The number of nitrogens with one attached hydrogen (secondary N) is 1. The van der Waals surface area contributed by atoms with Gasteiger partial charge in [0.2, 0.25) is 0 Å². The fourth-order valence-electron chi connectivity index (χ4n) is 2.15. The Morgan fingerprint density at radius 2 is 1.59 bits per heavy atom. The normalized spacial score (nSPS) is 11.2. The Hall–Kier alpha value is -1.96. The first-order chi connectivity index (χ1) is 10.5. The van der Waals surface area contributed by atoms with E-state index in [2.05, 4.69) is 68.6 Å². The van der Waals surface area contributed by atoms with Crippen molar-refractivity contribution in [2.45, 2.75) is 33.6 Å². The van der Waals surface area contributed by atoms with Crippen molar-refractivity contribution in [2.75, 3.05) is 18.5 Å². The van der Waals surface area contributed by atoms with Crippen molar-refractivity contribution in [1.29, 1.82) is 0 Å². The van der Waals surface area contributed by atoms with E-state index < -0.39 is 0 Å². The number of ether oxygens (including phenoxy) is 1. The van der Waals surface area contributed by atoms with Crippen LogP contribution in [-0.2, 0) is 6.42 Å². The molecule has 0 bridgehead atoms. The lowest BCUT2D eigenvalue weighted by molar-refractivity contribution is 0.311. The van der Waals surface area contributed by atoms with Gasteiger partial charge in [0.25, 0.3) is 0 Å². The molecule has 0 fully saturated rings. The quantitative estimate of drug-likeness (QED) is 0.713. The van der Waals surface area contributed by atoms with Gasteiger partial charge in [0.1, 0.15) is 5.75 Å². The largest absolute Gasteiger partial charge is 0.494 e. The summed E-state index contributed by atoms with van der Waals surface area (Å²) in [5.41, 5.74) is 2.80. The van der Waals surface area contributed by atoms with Crippen molar-refractivity contribution < 1.29 is 4.74 Å². The molecule has 0 aliphatic carbocycles. The van der Waals surface area contributed by atoms with E-state index in [4.69, 9.17) is 4.74 Å². The number of benzene rings is 2. The summed E-state index contributed by atoms with van der Waals surface area (Å²) in [6.07, 6.45) is 2.10. The van der Waals surface area contributed by atoms with E-state index in [0.29, 0.717) is 0 Å². The van der Waals surface area contributed by atoms with Crippen LogP contribution in [-0.4, -0.2) is 13.2 Å². The van der Waals surface area contributed by atoms with Crippen LogP contribution in [0, 0.1) is 5.41 Å². The molecule has 0 aromatic heterocycles. The summed E-state index contributed by atoms with van der Waals surface area (Å²) in [4.78, 5) is 0. The molecule has 0 atom stereocenters. The molecule has 22 heavy (non-hydrogen) atoms. The summed E-state index contributed by atoms with van der Waals surface area (Å²) < 4.78 is 5.80. The molecular weight excluding hydrogens is 270 g/mol. The lowest BCUT2D eigenvalue weighted by Crippen LogP contribution is -2.18. The molecule has 118 valence electrons. The summed E-state index contributed by atoms with van der Waals surface area (Å²) in [7, 11) is 0. The highest BCUT2D eigenvalue weighted by Gasteiger charge is 2.09. The van der Waals surface area contributed by atoms with Gasteiger partial charge in [-0.1, -0.05) is 51.1 Å². The molecule has 0 saturated heterocycles. The van der Waals surface area contributed by atoms with Crippen LogP contribution in [0.2, 0.25) is 0 Å². The van der Waals surface area contributed by atoms with Crippen LogP contribution in [0.1, 0.15) is 32.8 Å². The molecular formula is C20H27NO. The van der Waals surface area contributed by atoms with Crippen LogP contribution in [0.4, 0.5) is 5.69 Å². The molecule has 0 unspecified atom stereocenters. The average molecular weight is 297 g/mol. The van der Waals surface area contributed by atoms with E-state index in [0.717, 1.165) is 37.4 Å². The zero-order valence-corrected chi connectivity index (χ0v) is 13.9. The minimum atomic E-state index is 0.284. The summed E-state index contributed by atoms with van der Waals surface area (Å²) in [5, 5.41) is 3.45. The van der Waals surface area contributed by atoms with E-state index >= 15 is 0 Å². The summed E-state index contributed by atoms with van der Waals surface area (Å²) >= 11 is 0. The molecule has 2 aromatic rings. The van der Waals surface area contributed by atoms with Gasteiger partial charge < -0.3 is 10.1 Å². The Morgan fingerprint density at radius 3 is 2.23 bits per heavy atom. The Balaban J connectivity index is 1.70. The molecule has 2 rings (SSSR count). The molecule has 0 heterocycles. The zero-order chi connectivity index (χ0) is 15.8. The minimum absolute atomic E-state index is 0.284. The van der Waals surface area contributed by atoms with E-state index in [-0.39, 0.29) is 5.41 Å². The fourth-order valence-corrected chi connectivity index (χ4v) is 2.15. The Bertz CT molecular complexity index is 540. The Labute approximate surface area is 134 Å². The fraction of sp³-hybridized carbons (Fsp3) is 0.400. The van der Waals surface area contributed by atoms with Crippen LogP contribution in [0.15, 0.2) is 54.6 Å². The van der Waals surface area contributed by atoms with Crippen molar-refractivity contribution in [2.24, 2.45) is 5.41 Å². The van der Waals surface area contributed by atoms with E-state index in [1.807, 2.05) is 12.1 Å². The number of aryl methyl sites for hydroxylation is 1. The predicted molar refractivity (Wildman–Crippen MR) is 94.6 cm³/mol. The van der Waals surface area contributed by atoms with Gasteiger partial charge in [0, 0.05) is 12.2 Å². The maximum atomic E-state index is 5.80. The van der Waals surface area contributed by atoms with Crippen LogP contribution in [0.25, 0.3) is 0 Å². The third-order valence-electron chi connectivity index (χ3n) is 3.40. The second-order valence-electron chi connectivity index (χ2n) is 6.88. The molecule has 1 N–H and O–H groups in total. The van der Waals surface area contributed by atoms with Crippen molar-refractivity contribution in [3.8, 4) is 5.75 Å². The van der Waals surface area contributed by atoms with Crippen molar-refractivity contribution in [3.05, 3.63) is 60.2 Å². The van der Waals surface area contributed by atoms with Crippen LogP contribution < -0.4 is 10.1 Å². The summed E-state index contributed by atoms with van der Waals surface area (Å²) in [6, 6.07) is 18.8. The maximum absolute atomic E-state index is 5.80. The van der Waals surface area contributed by atoms with Gasteiger partial charge in [-0.05, 0) is 48.1 Å². The number of hydrogen-bond acceptors (Lipinski definition) is 2. The maximum Gasteiger partial charge on any atom is 0.119 e. The van der Waals surface area contributed by atoms with Crippen LogP contribution >= 0.6 is 0 Å². The van der Waals surface area contributed by atoms with Gasteiger partial charge in [0.15, 0.2) is 0 Å². The summed E-state index contributed by atoms with van der Waals surface area (Å²) in [5.74, 6) is 0.939. The number of anilines is 1. The molecule has 0 aliphatic rings. The minimum Gasteiger partial charge on any atom is -0.494 e. The van der Waals surface area contributed by atoms with Crippen molar-refractivity contribution in [3.63, 3.8) is 0 Å². The van der Waals surface area contributed by atoms with E-state index in [1.165, 1.54) is 5.56 Å². The van der Waals surface area contributed by atoms with Crippen LogP contribution in [0.5, 0.6) is 5.75 Å². The number of hydrogen-bond donors (Lipinski definition) is 1. The summed E-state index contributed by atoms with van der Waals surface area (Å²) in [6.45, 7) is 8.40. The van der Waals surface area contributed by atoms with E-state index in [1.54, 1.807) is 0 Å². The first-order valence-electron chi connectivity index (χ1n) is 8.04.